The molecule has 1 aromatic heterocycles. The van der Waals surface area contributed by atoms with E-state index >= 15 is 0 Å². The molecule has 152 valence electrons. The fourth-order valence-corrected chi connectivity index (χ4v) is 3.88. The zero-order valence-corrected chi connectivity index (χ0v) is 15.9. The summed E-state index contributed by atoms with van der Waals surface area (Å²) in [5, 5.41) is 5.62. The van der Waals surface area contributed by atoms with Crippen molar-refractivity contribution < 1.29 is 18.7 Å². The number of carbonyl (C=O) groups excluding carboxylic acids is 2. The van der Waals surface area contributed by atoms with Gasteiger partial charge in [-0.05, 0) is 62.1 Å². The van der Waals surface area contributed by atoms with Crippen molar-refractivity contribution in [3.8, 4) is 0 Å². The summed E-state index contributed by atoms with van der Waals surface area (Å²) < 4.78 is 19.1. The maximum Gasteiger partial charge on any atom is 0.321 e. The van der Waals surface area contributed by atoms with Gasteiger partial charge in [0.2, 0.25) is 0 Å². The highest BCUT2D eigenvalue weighted by molar-refractivity contribution is 5.94. The van der Waals surface area contributed by atoms with Crippen molar-refractivity contribution in [3.63, 3.8) is 0 Å². The predicted molar refractivity (Wildman–Crippen MR) is 106 cm³/mol. The average Bonchev–Trinajstić information content (AvgIpc) is 3.15. The molecule has 2 saturated heterocycles. The summed E-state index contributed by atoms with van der Waals surface area (Å²) in [4.78, 5) is 30.6. The second-order valence-electron chi connectivity index (χ2n) is 7.48. The molecule has 3 amide bonds. The first-order valence-electron chi connectivity index (χ1n) is 9.73. The van der Waals surface area contributed by atoms with Crippen LogP contribution in [-0.2, 0) is 9.53 Å². The molecule has 1 spiro atoms. The summed E-state index contributed by atoms with van der Waals surface area (Å²) in [7, 11) is 0. The number of pyridine rings is 1. The number of rotatable bonds is 3. The Bertz CT molecular complexity index is 867. The molecule has 0 radical (unpaired) electrons. The van der Waals surface area contributed by atoms with E-state index in [1.54, 1.807) is 29.4 Å². The van der Waals surface area contributed by atoms with Crippen LogP contribution >= 0.6 is 0 Å². The molecule has 2 aliphatic heterocycles. The van der Waals surface area contributed by atoms with E-state index in [0.717, 1.165) is 6.42 Å². The van der Waals surface area contributed by atoms with Crippen molar-refractivity contribution in [2.24, 2.45) is 0 Å². The lowest BCUT2D eigenvalue weighted by molar-refractivity contribution is -0.134. The van der Waals surface area contributed by atoms with Gasteiger partial charge in [-0.25, -0.2) is 9.18 Å². The van der Waals surface area contributed by atoms with Crippen LogP contribution in [0.25, 0.3) is 0 Å². The molecule has 1 aromatic carbocycles. The molecule has 1 atom stereocenters. The van der Waals surface area contributed by atoms with Crippen LogP contribution in [0.3, 0.4) is 0 Å². The average molecular weight is 398 g/mol. The van der Waals surface area contributed by atoms with Crippen LogP contribution in [0.1, 0.15) is 25.7 Å². The number of anilines is 2. The van der Waals surface area contributed by atoms with E-state index < -0.39 is 6.10 Å². The molecule has 2 N–H and O–H groups in total. The van der Waals surface area contributed by atoms with Crippen molar-refractivity contribution in [1.82, 2.24) is 9.88 Å². The van der Waals surface area contributed by atoms with E-state index in [1.807, 2.05) is 0 Å². The number of ether oxygens (including phenoxy) is 1. The number of urea groups is 1. The topological polar surface area (TPSA) is 83.6 Å². The lowest BCUT2D eigenvalue weighted by atomic mass is 9.88. The predicted octanol–water partition coefficient (Wildman–Crippen LogP) is 3.40. The number of hydrogen-bond acceptors (Lipinski definition) is 4. The van der Waals surface area contributed by atoms with E-state index in [0.29, 0.717) is 43.7 Å². The Hall–Kier alpha value is -3.00. The number of nitrogens with zero attached hydrogens (tertiary/aromatic N) is 2. The maximum absolute atomic E-state index is 13.0. The fourth-order valence-electron chi connectivity index (χ4n) is 3.88. The lowest BCUT2D eigenvalue weighted by Gasteiger charge is -2.39. The fraction of sp³-hybridized carbons (Fsp3) is 0.381. The van der Waals surface area contributed by atoms with Crippen molar-refractivity contribution in [2.45, 2.75) is 37.4 Å². The van der Waals surface area contributed by atoms with Crippen molar-refractivity contribution >= 4 is 23.3 Å². The number of benzene rings is 1. The number of amides is 3. The Morgan fingerprint density at radius 2 is 1.83 bits per heavy atom. The molecule has 2 aliphatic rings. The van der Waals surface area contributed by atoms with Gasteiger partial charge < -0.3 is 20.3 Å². The summed E-state index contributed by atoms with van der Waals surface area (Å²) in [6, 6.07) is 9.02. The SMILES string of the molecule is O=C(Nc1cccnc1)C1CCC2(CCN(C(=O)Nc3ccc(F)cc3)CC2)O1. The van der Waals surface area contributed by atoms with Crippen LogP contribution in [0, 0.1) is 5.82 Å². The number of nitrogens with one attached hydrogen (secondary N) is 2. The molecule has 0 saturated carbocycles. The molecule has 4 rings (SSSR count). The number of halogens is 1. The smallest absolute Gasteiger partial charge is 0.321 e. The summed E-state index contributed by atoms with van der Waals surface area (Å²) >= 11 is 0. The van der Waals surface area contributed by atoms with Gasteiger partial charge in [0.25, 0.3) is 5.91 Å². The Kier molecular flexibility index (Phi) is 5.44. The summed E-state index contributed by atoms with van der Waals surface area (Å²) in [5.74, 6) is -0.505. The number of aromatic nitrogens is 1. The third-order valence-corrected chi connectivity index (χ3v) is 5.53. The third kappa shape index (κ3) is 4.54. The number of likely N-dealkylation sites (tertiary alicyclic amines) is 1. The van der Waals surface area contributed by atoms with Crippen molar-refractivity contribution in [3.05, 3.63) is 54.6 Å². The number of carbonyl (C=O) groups is 2. The molecule has 0 bridgehead atoms. The van der Waals surface area contributed by atoms with Gasteiger partial charge in [-0.2, -0.15) is 0 Å². The van der Waals surface area contributed by atoms with E-state index in [9.17, 15) is 14.0 Å². The molecule has 1 unspecified atom stereocenters. The second kappa shape index (κ2) is 8.16. The molecule has 3 heterocycles. The zero-order chi connectivity index (χ0) is 20.3. The Labute approximate surface area is 168 Å². The van der Waals surface area contributed by atoms with Gasteiger partial charge in [-0.3, -0.25) is 9.78 Å². The quantitative estimate of drug-likeness (QED) is 0.830. The lowest BCUT2D eigenvalue weighted by Crippen LogP contribution is -2.48. The van der Waals surface area contributed by atoms with Crippen LogP contribution in [0.2, 0.25) is 0 Å². The standard InChI is InChI=1S/C21H23FN4O3/c22-15-3-5-16(6-4-15)25-20(28)26-12-9-21(10-13-26)8-7-18(29-21)19(27)24-17-2-1-11-23-14-17/h1-6,11,14,18H,7-10,12-13H2,(H,24,27)(H,25,28). The molecule has 2 fully saturated rings. The van der Waals surface area contributed by atoms with Gasteiger partial charge in [0.15, 0.2) is 0 Å². The number of hydrogen-bond donors (Lipinski definition) is 2. The molecule has 2 aromatic rings. The molecule has 7 nitrogen and oxygen atoms in total. The highest BCUT2D eigenvalue weighted by Gasteiger charge is 2.45. The molecular weight excluding hydrogens is 375 g/mol. The molecule has 29 heavy (non-hydrogen) atoms. The van der Waals surface area contributed by atoms with Gasteiger partial charge in [0.05, 0.1) is 17.5 Å². The first-order valence-corrected chi connectivity index (χ1v) is 9.73. The normalized spacial score (nSPS) is 20.4. The molecule has 0 aliphatic carbocycles. The minimum Gasteiger partial charge on any atom is -0.362 e. The number of piperidine rings is 1. The first-order chi connectivity index (χ1) is 14.0. The zero-order valence-electron chi connectivity index (χ0n) is 15.9. The van der Waals surface area contributed by atoms with E-state index in [2.05, 4.69) is 15.6 Å². The van der Waals surface area contributed by atoms with E-state index in [1.165, 1.54) is 24.3 Å². The molecule has 8 heteroatoms. The minimum absolute atomic E-state index is 0.161. The van der Waals surface area contributed by atoms with E-state index in [-0.39, 0.29) is 23.4 Å². The van der Waals surface area contributed by atoms with Crippen LogP contribution in [-0.4, -0.2) is 46.6 Å². The van der Waals surface area contributed by atoms with Crippen LogP contribution in [0.15, 0.2) is 48.8 Å². The monoisotopic (exact) mass is 398 g/mol. The van der Waals surface area contributed by atoms with Crippen molar-refractivity contribution in [1.29, 1.82) is 0 Å². The minimum atomic E-state index is -0.491. The molecular formula is C21H23FN4O3. The summed E-state index contributed by atoms with van der Waals surface area (Å²) in [6.45, 7) is 1.09. The maximum atomic E-state index is 13.0. The summed E-state index contributed by atoms with van der Waals surface area (Å²) in [6.07, 6.45) is 5.58. The van der Waals surface area contributed by atoms with Gasteiger partial charge in [0, 0.05) is 25.0 Å². The van der Waals surface area contributed by atoms with Crippen molar-refractivity contribution in [2.75, 3.05) is 23.7 Å². The van der Waals surface area contributed by atoms with Gasteiger partial charge in [0.1, 0.15) is 11.9 Å². The highest BCUT2D eigenvalue weighted by Crippen LogP contribution is 2.39. The third-order valence-electron chi connectivity index (χ3n) is 5.53. The van der Waals surface area contributed by atoms with Gasteiger partial charge >= 0.3 is 6.03 Å². The highest BCUT2D eigenvalue weighted by atomic mass is 19.1. The first kappa shape index (κ1) is 19.3. The Morgan fingerprint density at radius 1 is 1.07 bits per heavy atom. The van der Waals surface area contributed by atoms with Gasteiger partial charge in [-0.15, -0.1) is 0 Å². The van der Waals surface area contributed by atoms with Gasteiger partial charge in [-0.1, -0.05) is 0 Å². The van der Waals surface area contributed by atoms with Crippen LogP contribution in [0.4, 0.5) is 20.6 Å². The largest absolute Gasteiger partial charge is 0.362 e. The second-order valence-corrected chi connectivity index (χ2v) is 7.48. The van der Waals surface area contributed by atoms with Crippen LogP contribution < -0.4 is 10.6 Å². The summed E-state index contributed by atoms with van der Waals surface area (Å²) in [5.41, 5.74) is 0.846. The Morgan fingerprint density at radius 3 is 2.52 bits per heavy atom. The van der Waals surface area contributed by atoms with Crippen LogP contribution in [0.5, 0.6) is 0 Å². The van der Waals surface area contributed by atoms with E-state index in [4.69, 9.17) is 4.74 Å². The Balaban J connectivity index is 1.28.